The van der Waals surface area contributed by atoms with E-state index in [1.807, 2.05) is 0 Å². The topological polar surface area (TPSA) is 55.1 Å². The first kappa shape index (κ1) is 13.9. The number of anilines is 1. The van der Waals surface area contributed by atoms with Gasteiger partial charge in [0.1, 0.15) is 5.82 Å². The van der Waals surface area contributed by atoms with E-state index in [9.17, 15) is 18.0 Å². The van der Waals surface area contributed by atoms with Crippen LogP contribution in [-0.2, 0) is 6.54 Å². The number of hydrogen-bond donors (Lipinski definition) is 2. The van der Waals surface area contributed by atoms with E-state index in [1.165, 1.54) is 18.2 Å². The fourth-order valence-corrected chi connectivity index (χ4v) is 1.66. The van der Waals surface area contributed by atoms with Gasteiger partial charge in [0.2, 0.25) is 5.91 Å². The van der Waals surface area contributed by atoms with Crippen molar-refractivity contribution in [2.45, 2.75) is 6.54 Å². The highest BCUT2D eigenvalue weighted by Crippen LogP contribution is 2.17. The molecule has 0 aliphatic heterocycles. The molecule has 3 nitrogen and oxygen atoms in total. The molecule has 2 aromatic carbocycles. The first-order valence-corrected chi connectivity index (χ1v) is 5.74. The summed E-state index contributed by atoms with van der Waals surface area (Å²) in [5.74, 6) is -3.18. The summed E-state index contributed by atoms with van der Waals surface area (Å²) < 4.78 is 39.3. The zero-order valence-electron chi connectivity index (χ0n) is 10.3. The highest BCUT2D eigenvalue weighted by Gasteiger charge is 2.08. The first-order valence-electron chi connectivity index (χ1n) is 5.74. The number of amides is 1. The van der Waals surface area contributed by atoms with Crippen molar-refractivity contribution in [3.8, 4) is 0 Å². The predicted molar refractivity (Wildman–Crippen MR) is 68.6 cm³/mol. The molecule has 0 bridgehead atoms. The lowest BCUT2D eigenvalue weighted by molar-refractivity contribution is 0.100. The van der Waals surface area contributed by atoms with Gasteiger partial charge in [0.15, 0.2) is 11.6 Å². The standard InChI is InChI=1S/C14H11F3N2O/c15-10-3-1-8(5-12(10)17)7-19-13-6-9(14(18)20)2-4-11(13)16/h1-6,19H,7H2,(H2,18,20). The van der Waals surface area contributed by atoms with Gasteiger partial charge in [-0.2, -0.15) is 0 Å². The molecule has 0 unspecified atom stereocenters. The Bertz CT molecular complexity index is 659. The molecular weight excluding hydrogens is 269 g/mol. The number of rotatable bonds is 4. The number of hydrogen-bond acceptors (Lipinski definition) is 2. The van der Waals surface area contributed by atoms with Crippen LogP contribution in [0, 0.1) is 17.5 Å². The van der Waals surface area contributed by atoms with Crippen molar-refractivity contribution >= 4 is 11.6 Å². The van der Waals surface area contributed by atoms with E-state index < -0.39 is 23.4 Å². The van der Waals surface area contributed by atoms with Crippen LogP contribution >= 0.6 is 0 Å². The summed E-state index contributed by atoms with van der Waals surface area (Å²) in [6.07, 6.45) is 0. The third-order valence-corrected chi connectivity index (χ3v) is 2.72. The minimum Gasteiger partial charge on any atom is -0.379 e. The lowest BCUT2D eigenvalue weighted by Gasteiger charge is -2.09. The van der Waals surface area contributed by atoms with E-state index in [0.29, 0.717) is 5.56 Å². The average molecular weight is 280 g/mol. The van der Waals surface area contributed by atoms with Gasteiger partial charge in [-0.3, -0.25) is 4.79 Å². The number of carbonyl (C=O) groups excluding carboxylic acids is 1. The molecule has 0 aliphatic carbocycles. The molecule has 0 fully saturated rings. The Morgan fingerprint density at radius 1 is 1.00 bits per heavy atom. The number of carbonyl (C=O) groups is 1. The smallest absolute Gasteiger partial charge is 0.248 e. The third kappa shape index (κ3) is 3.09. The molecule has 20 heavy (non-hydrogen) atoms. The predicted octanol–water partition coefficient (Wildman–Crippen LogP) is 2.81. The molecule has 3 N–H and O–H groups in total. The van der Waals surface area contributed by atoms with Gasteiger partial charge in [0.05, 0.1) is 5.69 Å². The molecule has 0 saturated heterocycles. The summed E-state index contributed by atoms with van der Waals surface area (Å²) in [5, 5.41) is 2.70. The van der Waals surface area contributed by atoms with Gasteiger partial charge in [-0.15, -0.1) is 0 Å². The summed E-state index contributed by atoms with van der Waals surface area (Å²) in [6, 6.07) is 7.01. The lowest BCUT2D eigenvalue weighted by Crippen LogP contribution is -2.12. The number of halogens is 3. The lowest BCUT2D eigenvalue weighted by atomic mass is 10.1. The van der Waals surface area contributed by atoms with Crippen molar-refractivity contribution in [3.05, 3.63) is 65.0 Å². The van der Waals surface area contributed by atoms with E-state index in [1.54, 1.807) is 0 Å². The Kier molecular flexibility index (Phi) is 3.93. The van der Waals surface area contributed by atoms with Crippen LogP contribution in [0.25, 0.3) is 0 Å². The Morgan fingerprint density at radius 3 is 2.35 bits per heavy atom. The van der Waals surface area contributed by atoms with Crippen LogP contribution in [0.3, 0.4) is 0 Å². The van der Waals surface area contributed by atoms with Crippen LogP contribution in [0.5, 0.6) is 0 Å². The molecule has 0 saturated carbocycles. The number of benzene rings is 2. The molecule has 104 valence electrons. The quantitative estimate of drug-likeness (QED) is 0.904. The van der Waals surface area contributed by atoms with E-state index in [0.717, 1.165) is 18.2 Å². The van der Waals surface area contributed by atoms with Crippen LogP contribution in [-0.4, -0.2) is 5.91 Å². The van der Waals surface area contributed by atoms with Crippen molar-refractivity contribution in [2.75, 3.05) is 5.32 Å². The molecule has 0 aromatic heterocycles. The Morgan fingerprint density at radius 2 is 1.70 bits per heavy atom. The van der Waals surface area contributed by atoms with Gasteiger partial charge in [0.25, 0.3) is 0 Å². The highest BCUT2D eigenvalue weighted by atomic mass is 19.2. The molecule has 6 heteroatoms. The Balaban J connectivity index is 2.15. The maximum Gasteiger partial charge on any atom is 0.248 e. The molecule has 1 amide bonds. The van der Waals surface area contributed by atoms with Crippen LogP contribution in [0.2, 0.25) is 0 Å². The first-order chi connectivity index (χ1) is 9.47. The summed E-state index contributed by atoms with van der Waals surface area (Å²) in [4.78, 5) is 11.0. The monoisotopic (exact) mass is 280 g/mol. The van der Waals surface area contributed by atoms with Crippen LogP contribution < -0.4 is 11.1 Å². The Labute approximate surface area is 113 Å². The third-order valence-electron chi connectivity index (χ3n) is 2.72. The second-order valence-corrected chi connectivity index (χ2v) is 4.16. The zero-order valence-corrected chi connectivity index (χ0v) is 10.3. The van der Waals surface area contributed by atoms with Gasteiger partial charge in [-0.05, 0) is 35.9 Å². The largest absolute Gasteiger partial charge is 0.379 e. The van der Waals surface area contributed by atoms with Gasteiger partial charge < -0.3 is 11.1 Å². The maximum atomic E-state index is 13.5. The zero-order chi connectivity index (χ0) is 14.7. The summed E-state index contributed by atoms with van der Waals surface area (Å²) in [7, 11) is 0. The van der Waals surface area contributed by atoms with Crippen molar-refractivity contribution in [2.24, 2.45) is 5.73 Å². The fraction of sp³-hybridized carbons (Fsp3) is 0.0714. The van der Waals surface area contributed by atoms with Crippen LogP contribution in [0.15, 0.2) is 36.4 Å². The number of primary amides is 1. The van der Waals surface area contributed by atoms with Crippen LogP contribution in [0.1, 0.15) is 15.9 Å². The van der Waals surface area contributed by atoms with Gasteiger partial charge >= 0.3 is 0 Å². The maximum absolute atomic E-state index is 13.5. The second-order valence-electron chi connectivity index (χ2n) is 4.16. The molecule has 0 heterocycles. The van der Waals surface area contributed by atoms with E-state index in [2.05, 4.69) is 5.32 Å². The van der Waals surface area contributed by atoms with E-state index >= 15 is 0 Å². The molecule has 2 aromatic rings. The van der Waals surface area contributed by atoms with Crippen molar-refractivity contribution in [3.63, 3.8) is 0 Å². The minimum atomic E-state index is -0.976. The van der Waals surface area contributed by atoms with Gasteiger partial charge in [-0.25, -0.2) is 13.2 Å². The van der Waals surface area contributed by atoms with E-state index in [4.69, 9.17) is 5.73 Å². The van der Waals surface area contributed by atoms with Gasteiger partial charge in [0, 0.05) is 12.1 Å². The van der Waals surface area contributed by atoms with Crippen molar-refractivity contribution in [1.29, 1.82) is 0 Å². The van der Waals surface area contributed by atoms with E-state index in [-0.39, 0.29) is 17.8 Å². The summed E-state index contributed by atoms with van der Waals surface area (Å²) in [5.41, 5.74) is 5.75. The molecule has 0 radical (unpaired) electrons. The fourth-order valence-electron chi connectivity index (χ4n) is 1.66. The second kappa shape index (κ2) is 5.64. The normalized spacial score (nSPS) is 10.3. The van der Waals surface area contributed by atoms with Crippen molar-refractivity contribution < 1.29 is 18.0 Å². The molecule has 0 atom stereocenters. The molecule has 0 aliphatic rings. The molecule has 0 spiro atoms. The molecule has 2 rings (SSSR count). The number of nitrogens with one attached hydrogen (secondary N) is 1. The average Bonchev–Trinajstić information content (AvgIpc) is 2.41. The Hall–Kier alpha value is -2.50. The molecular formula is C14H11F3N2O. The highest BCUT2D eigenvalue weighted by molar-refractivity contribution is 5.93. The van der Waals surface area contributed by atoms with Gasteiger partial charge in [-0.1, -0.05) is 6.07 Å². The summed E-state index contributed by atoms with van der Waals surface area (Å²) in [6.45, 7) is 0.0797. The minimum absolute atomic E-state index is 0.0611. The van der Waals surface area contributed by atoms with Crippen LogP contribution in [0.4, 0.5) is 18.9 Å². The number of nitrogens with two attached hydrogens (primary N) is 1. The SMILES string of the molecule is NC(=O)c1ccc(F)c(NCc2ccc(F)c(F)c2)c1. The summed E-state index contributed by atoms with van der Waals surface area (Å²) >= 11 is 0. The van der Waals surface area contributed by atoms with Crippen molar-refractivity contribution in [1.82, 2.24) is 0 Å².